The standard InChI is InChI=1S/C25H26N6O2/c1-16-8-9-18-14-20(25(32)26-21(18)13-16)23(30-11-10-17-5-2-3-7-22(17)30)24-27-28-29-31(24)15-19-6-4-12-33-19/h2-3,5,7-9,13-14,19,23H,4,6,10-12,15H2,1H3,(H,26,32)/t19-,23+/m0/s1. The third-order valence-corrected chi connectivity index (χ3v) is 6.76. The van der Waals surface area contributed by atoms with Crippen molar-refractivity contribution in [1.82, 2.24) is 25.2 Å². The number of H-pyrrole nitrogens is 1. The Bertz CT molecular complexity index is 1370. The van der Waals surface area contributed by atoms with E-state index in [9.17, 15) is 4.79 Å². The Labute approximate surface area is 191 Å². The van der Waals surface area contributed by atoms with Crippen LogP contribution in [0.2, 0.25) is 0 Å². The van der Waals surface area contributed by atoms with Gasteiger partial charge in [0, 0.05) is 29.9 Å². The van der Waals surface area contributed by atoms with Crippen LogP contribution in [0.5, 0.6) is 0 Å². The van der Waals surface area contributed by atoms with Gasteiger partial charge in [-0.25, -0.2) is 4.68 Å². The van der Waals surface area contributed by atoms with E-state index in [2.05, 4.69) is 55.7 Å². The number of hydrogen-bond donors (Lipinski definition) is 1. The molecular formula is C25H26N6O2. The first-order chi connectivity index (χ1) is 16.2. The summed E-state index contributed by atoms with van der Waals surface area (Å²) >= 11 is 0. The molecule has 0 unspecified atom stereocenters. The third-order valence-electron chi connectivity index (χ3n) is 6.76. The highest BCUT2D eigenvalue weighted by atomic mass is 16.5. The van der Waals surface area contributed by atoms with Gasteiger partial charge in [-0.2, -0.15) is 0 Å². The Morgan fingerprint density at radius 3 is 3.00 bits per heavy atom. The van der Waals surface area contributed by atoms with Crippen molar-refractivity contribution in [3.8, 4) is 0 Å². The van der Waals surface area contributed by atoms with Crippen LogP contribution in [0.25, 0.3) is 10.9 Å². The van der Waals surface area contributed by atoms with Gasteiger partial charge in [-0.3, -0.25) is 4.79 Å². The number of ether oxygens (including phenoxy) is 1. The molecule has 2 aliphatic rings. The van der Waals surface area contributed by atoms with Crippen LogP contribution in [0, 0.1) is 6.92 Å². The van der Waals surface area contributed by atoms with Gasteiger partial charge in [0.15, 0.2) is 5.82 Å². The molecule has 1 N–H and O–H groups in total. The molecular weight excluding hydrogens is 416 g/mol. The molecule has 0 aliphatic carbocycles. The Balaban J connectivity index is 1.51. The lowest BCUT2D eigenvalue weighted by atomic mass is 10.0. The minimum Gasteiger partial charge on any atom is -0.376 e. The monoisotopic (exact) mass is 442 g/mol. The van der Waals surface area contributed by atoms with Crippen molar-refractivity contribution in [3.05, 3.63) is 81.4 Å². The first kappa shape index (κ1) is 20.1. The molecule has 0 spiro atoms. The van der Waals surface area contributed by atoms with E-state index < -0.39 is 6.04 Å². The van der Waals surface area contributed by atoms with Crippen LogP contribution in [0.4, 0.5) is 5.69 Å². The van der Waals surface area contributed by atoms with Crippen LogP contribution in [-0.2, 0) is 17.7 Å². The van der Waals surface area contributed by atoms with Crippen molar-refractivity contribution in [2.75, 3.05) is 18.1 Å². The average molecular weight is 443 g/mol. The third kappa shape index (κ3) is 3.60. The molecule has 168 valence electrons. The van der Waals surface area contributed by atoms with Crippen molar-refractivity contribution in [2.45, 2.75) is 44.9 Å². The molecule has 33 heavy (non-hydrogen) atoms. The predicted octanol–water partition coefficient (Wildman–Crippen LogP) is 3.15. The summed E-state index contributed by atoms with van der Waals surface area (Å²) in [5, 5.41) is 13.7. The molecule has 2 aromatic carbocycles. The maximum absolute atomic E-state index is 13.4. The second kappa shape index (κ2) is 8.12. The molecule has 6 rings (SSSR count). The minimum absolute atomic E-state index is 0.0941. The normalized spacial score (nSPS) is 18.7. The molecule has 8 nitrogen and oxygen atoms in total. The number of fused-ring (bicyclic) bond motifs is 2. The molecule has 1 fully saturated rings. The molecule has 2 aromatic heterocycles. The second-order valence-electron chi connectivity index (χ2n) is 8.97. The molecule has 2 aliphatic heterocycles. The molecule has 8 heteroatoms. The van der Waals surface area contributed by atoms with Crippen LogP contribution in [0.15, 0.2) is 53.3 Å². The zero-order valence-electron chi connectivity index (χ0n) is 18.6. The smallest absolute Gasteiger partial charge is 0.254 e. The van der Waals surface area contributed by atoms with Gasteiger partial charge in [0.2, 0.25) is 0 Å². The van der Waals surface area contributed by atoms with E-state index in [0.717, 1.165) is 54.6 Å². The number of aromatic nitrogens is 5. The lowest BCUT2D eigenvalue weighted by Gasteiger charge is -2.29. The van der Waals surface area contributed by atoms with Crippen LogP contribution in [-0.4, -0.2) is 44.4 Å². The summed E-state index contributed by atoms with van der Waals surface area (Å²) in [6.07, 6.45) is 3.06. The molecule has 0 radical (unpaired) electrons. The SMILES string of the molecule is Cc1ccc2cc([C@H](c3nnnn3C[C@@H]3CCCO3)N3CCc4ccccc43)c(=O)[nH]c2c1. The van der Waals surface area contributed by atoms with Gasteiger partial charge >= 0.3 is 0 Å². The molecule has 0 amide bonds. The number of anilines is 1. The number of pyridine rings is 1. The molecule has 0 saturated carbocycles. The van der Waals surface area contributed by atoms with Crippen LogP contribution in [0.1, 0.15) is 41.4 Å². The minimum atomic E-state index is -0.403. The Kier molecular flexibility index (Phi) is 4.95. The van der Waals surface area contributed by atoms with Crippen LogP contribution in [0.3, 0.4) is 0 Å². The number of rotatable bonds is 5. The number of nitrogens with zero attached hydrogens (tertiary/aromatic N) is 5. The first-order valence-corrected chi connectivity index (χ1v) is 11.5. The molecule has 4 aromatic rings. The second-order valence-corrected chi connectivity index (χ2v) is 8.97. The summed E-state index contributed by atoms with van der Waals surface area (Å²) in [6, 6.07) is 16.1. The lowest BCUT2D eigenvalue weighted by Crippen LogP contribution is -2.35. The number of hydrogen-bond acceptors (Lipinski definition) is 6. The number of tetrazole rings is 1. The van der Waals surface area contributed by atoms with E-state index in [0.29, 0.717) is 17.9 Å². The summed E-state index contributed by atoms with van der Waals surface area (Å²) in [6.45, 7) is 4.17. The van der Waals surface area contributed by atoms with Gasteiger partial charge < -0.3 is 14.6 Å². The number of para-hydroxylation sites is 1. The van der Waals surface area contributed by atoms with Gasteiger partial charge in [-0.05, 0) is 71.3 Å². The van der Waals surface area contributed by atoms with Crippen molar-refractivity contribution >= 4 is 16.6 Å². The first-order valence-electron chi connectivity index (χ1n) is 11.5. The quantitative estimate of drug-likeness (QED) is 0.511. The fourth-order valence-corrected chi connectivity index (χ4v) is 5.13. The summed E-state index contributed by atoms with van der Waals surface area (Å²) < 4.78 is 7.66. The zero-order chi connectivity index (χ0) is 22.4. The summed E-state index contributed by atoms with van der Waals surface area (Å²) in [5.41, 5.74) is 4.87. The summed E-state index contributed by atoms with van der Waals surface area (Å²) in [5.74, 6) is 0.666. The van der Waals surface area contributed by atoms with Crippen molar-refractivity contribution < 1.29 is 4.74 Å². The number of benzene rings is 2. The van der Waals surface area contributed by atoms with Gasteiger partial charge in [0.25, 0.3) is 5.56 Å². The highest BCUT2D eigenvalue weighted by Crippen LogP contribution is 2.37. The Hall–Kier alpha value is -3.52. The molecule has 2 atom stereocenters. The zero-order valence-corrected chi connectivity index (χ0v) is 18.6. The fourth-order valence-electron chi connectivity index (χ4n) is 5.13. The van der Waals surface area contributed by atoms with E-state index in [1.807, 2.05) is 29.8 Å². The van der Waals surface area contributed by atoms with Gasteiger partial charge in [-0.1, -0.05) is 30.3 Å². The molecule has 4 heterocycles. The maximum atomic E-state index is 13.4. The van der Waals surface area contributed by atoms with E-state index in [-0.39, 0.29) is 11.7 Å². The van der Waals surface area contributed by atoms with E-state index in [1.54, 1.807) is 0 Å². The highest BCUT2D eigenvalue weighted by Gasteiger charge is 2.34. The van der Waals surface area contributed by atoms with E-state index >= 15 is 0 Å². The fraction of sp³-hybridized carbons (Fsp3) is 0.360. The Morgan fingerprint density at radius 1 is 1.21 bits per heavy atom. The summed E-state index contributed by atoms with van der Waals surface area (Å²) in [4.78, 5) is 18.8. The predicted molar refractivity (Wildman–Crippen MR) is 125 cm³/mol. The van der Waals surface area contributed by atoms with Crippen molar-refractivity contribution in [1.29, 1.82) is 0 Å². The van der Waals surface area contributed by atoms with Crippen LogP contribution < -0.4 is 10.5 Å². The van der Waals surface area contributed by atoms with Gasteiger partial charge in [0.1, 0.15) is 6.04 Å². The van der Waals surface area contributed by atoms with Crippen molar-refractivity contribution in [3.63, 3.8) is 0 Å². The Morgan fingerprint density at radius 2 is 2.12 bits per heavy atom. The molecule has 0 bridgehead atoms. The van der Waals surface area contributed by atoms with E-state index in [4.69, 9.17) is 4.74 Å². The van der Waals surface area contributed by atoms with E-state index in [1.165, 1.54) is 5.56 Å². The average Bonchev–Trinajstić information content (AvgIpc) is 3.57. The number of aryl methyl sites for hydroxylation is 1. The van der Waals surface area contributed by atoms with Gasteiger partial charge in [0.05, 0.1) is 12.6 Å². The highest BCUT2D eigenvalue weighted by molar-refractivity contribution is 5.80. The number of aromatic amines is 1. The summed E-state index contributed by atoms with van der Waals surface area (Å²) in [7, 11) is 0. The maximum Gasteiger partial charge on any atom is 0.254 e. The molecule has 1 saturated heterocycles. The van der Waals surface area contributed by atoms with Gasteiger partial charge in [-0.15, -0.1) is 5.10 Å². The largest absolute Gasteiger partial charge is 0.376 e. The van der Waals surface area contributed by atoms with Crippen LogP contribution >= 0.6 is 0 Å². The van der Waals surface area contributed by atoms with Crippen molar-refractivity contribution in [2.24, 2.45) is 0 Å². The number of nitrogens with one attached hydrogen (secondary N) is 1. The topological polar surface area (TPSA) is 88.9 Å². The lowest BCUT2D eigenvalue weighted by molar-refractivity contribution is 0.0924.